The van der Waals surface area contributed by atoms with Gasteiger partial charge in [-0.2, -0.15) is 5.26 Å². The molecule has 0 aliphatic carbocycles. The van der Waals surface area contributed by atoms with E-state index in [1.165, 1.54) is 19.3 Å². The molecule has 0 bridgehead atoms. The predicted molar refractivity (Wildman–Crippen MR) is 86.7 cm³/mol. The largest absolute Gasteiger partial charge is 0.302 e. The van der Waals surface area contributed by atoms with E-state index in [1.807, 2.05) is 13.0 Å². The lowest BCUT2D eigenvalue weighted by Gasteiger charge is -2.29. The molecule has 1 fully saturated rings. The van der Waals surface area contributed by atoms with Crippen LogP contribution >= 0.6 is 0 Å². The number of rotatable bonds is 6. The molecule has 1 unspecified atom stereocenters. The predicted octanol–water partition coefficient (Wildman–Crippen LogP) is 1.85. The minimum absolute atomic E-state index is 0.0904. The van der Waals surface area contributed by atoms with E-state index in [0.29, 0.717) is 11.1 Å². The van der Waals surface area contributed by atoms with Crippen LogP contribution in [0.1, 0.15) is 37.3 Å². The Kier molecular flexibility index (Phi) is 5.95. The van der Waals surface area contributed by atoms with Crippen LogP contribution in [0.3, 0.4) is 0 Å². The molecule has 0 aromatic heterocycles. The van der Waals surface area contributed by atoms with Crippen LogP contribution in [0.15, 0.2) is 24.3 Å². The van der Waals surface area contributed by atoms with E-state index in [0.717, 1.165) is 19.6 Å². The first-order valence-electron chi connectivity index (χ1n) is 7.70. The number of hydrogen-bond acceptors (Lipinski definition) is 4. The van der Waals surface area contributed by atoms with Gasteiger partial charge >= 0.3 is 0 Å². The van der Waals surface area contributed by atoms with Gasteiger partial charge in [-0.05, 0) is 50.6 Å². The average Bonchev–Trinajstić information content (AvgIpc) is 2.47. The first-order valence-corrected chi connectivity index (χ1v) is 9.35. The van der Waals surface area contributed by atoms with E-state index in [-0.39, 0.29) is 11.8 Å². The molecule has 1 aliphatic rings. The maximum Gasteiger partial charge on any atom is 0.216 e. The fourth-order valence-electron chi connectivity index (χ4n) is 2.86. The maximum absolute atomic E-state index is 12.2. The minimum Gasteiger partial charge on any atom is -0.302 e. The molecule has 2 rings (SSSR count). The van der Waals surface area contributed by atoms with Gasteiger partial charge in [0.05, 0.1) is 17.4 Å². The molecule has 1 aromatic rings. The van der Waals surface area contributed by atoms with Crippen molar-refractivity contribution < 1.29 is 8.42 Å². The van der Waals surface area contributed by atoms with Crippen LogP contribution in [0.25, 0.3) is 0 Å². The average molecular weight is 321 g/mol. The molecule has 0 radical (unpaired) electrons. The van der Waals surface area contributed by atoms with Gasteiger partial charge < -0.3 is 4.90 Å². The second-order valence-electron chi connectivity index (χ2n) is 5.95. The van der Waals surface area contributed by atoms with Gasteiger partial charge in [0.15, 0.2) is 0 Å². The number of nitrogens with zero attached hydrogens (tertiary/aromatic N) is 2. The molecule has 120 valence electrons. The normalized spacial score (nSPS) is 17.8. The second kappa shape index (κ2) is 7.73. The fraction of sp³-hybridized carbons (Fsp3) is 0.562. The lowest BCUT2D eigenvalue weighted by Crippen LogP contribution is -2.43. The second-order valence-corrected chi connectivity index (χ2v) is 7.71. The van der Waals surface area contributed by atoms with Gasteiger partial charge in [-0.1, -0.05) is 18.6 Å². The fourth-order valence-corrected chi connectivity index (χ4v) is 4.25. The third-order valence-corrected chi connectivity index (χ3v) is 5.25. The Morgan fingerprint density at radius 2 is 2.05 bits per heavy atom. The number of piperidine rings is 1. The van der Waals surface area contributed by atoms with Crippen molar-refractivity contribution in [1.82, 2.24) is 9.62 Å². The van der Waals surface area contributed by atoms with Crippen molar-refractivity contribution >= 4 is 10.0 Å². The summed E-state index contributed by atoms with van der Waals surface area (Å²) in [4.78, 5) is 2.31. The zero-order valence-electron chi connectivity index (χ0n) is 13.0. The van der Waals surface area contributed by atoms with Gasteiger partial charge in [0.2, 0.25) is 10.0 Å². The number of hydrogen-bond donors (Lipinski definition) is 1. The molecule has 22 heavy (non-hydrogen) atoms. The first kappa shape index (κ1) is 16.9. The number of nitriles is 1. The highest BCUT2D eigenvalue weighted by Crippen LogP contribution is 2.11. The highest BCUT2D eigenvalue weighted by atomic mass is 32.2. The monoisotopic (exact) mass is 321 g/mol. The third-order valence-electron chi connectivity index (χ3n) is 3.77. The Balaban J connectivity index is 1.90. The Hall–Kier alpha value is -1.42. The smallest absolute Gasteiger partial charge is 0.216 e. The Morgan fingerprint density at radius 1 is 1.32 bits per heavy atom. The lowest BCUT2D eigenvalue weighted by molar-refractivity contribution is 0.215. The summed E-state index contributed by atoms with van der Waals surface area (Å²) in [6.07, 6.45) is 3.66. The number of benzene rings is 1. The SMILES string of the molecule is CC(CN1CCCCC1)NS(=O)(=O)Cc1cccc(C#N)c1. The van der Waals surface area contributed by atoms with Crippen LogP contribution in [-0.2, 0) is 15.8 Å². The molecule has 1 aliphatic heterocycles. The molecule has 1 N–H and O–H groups in total. The van der Waals surface area contributed by atoms with Crippen LogP contribution in [0, 0.1) is 11.3 Å². The van der Waals surface area contributed by atoms with Crippen molar-refractivity contribution in [2.24, 2.45) is 0 Å². The summed E-state index contributed by atoms with van der Waals surface area (Å²) in [6, 6.07) is 8.65. The summed E-state index contributed by atoms with van der Waals surface area (Å²) in [5.41, 5.74) is 1.12. The van der Waals surface area contributed by atoms with E-state index in [4.69, 9.17) is 5.26 Å². The Bertz CT molecular complexity index is 631. The molecule has 1 saturated heterocycles. The van der Waals surface area contributed by atoms with Crippen LogP contribution in [0.5, 0.6) is 0 Å². The van der Waals surface area contributed by atoms with Crippen molar-refractivity contribution in [2.45, 2.75) is 38.0 Å². The van der Waals surface area contributed by atoms with Crippen molar-refractivity contribution in [3.05, 3.63) is 35.4 Å². The van der Waals surface area contributed by atoms with E-state index >= 15 is 0 Å². The summed E-state index contributed by atoms with van der Waals surface area (Å²) in [5.74, 6) is -0.0904. The van der Waals surface area contributed by atoms with E-state index in [1.54, 1.807) is 24.3 Å². The molecule has 0 spiro atoms. The molecule has 0 saturated carbocycles. The van der Waals surface area contributed by atoms with Crippen LogP contribution < -0.4 is 4.72 Å². The van der Waals surface area contributed by atoms with Gasteiger partial charge in [-0.3, -0.25) is 0 Å². The van der Waals surface area contributed by atoms with Gasteiger partial charge in [0.1, 0.15) is 0 Å². The number of sulfonamides is 1. The highest BCUT2D eigenvalue weighted by molar-refractivity contribution is 7.88. The van der Waals surface area contributed by atoms with Crippen molar-refractivity contribution in [3.63, 3.8) is 0 Å². The van der Waals surface area contributed by atoms with Gasteiger partial charge in [0, 0.05) is 12.6 Å². The van der Waals surface area contributed by atoms with Crippen molar-refractivity contribution in [1.29, 1.82) is 5.26 Å². The molecule has 1 atom stereocenters. The standard InChI is InChI=1S/C16H23N3O2S/c1-14(12-19-8-3-2-4-9-19)18-22(20,21)13-16-7-5-6-15(10-16)11-17/h5-7,10,14,18H,2-4,8-9,12-13H2,1H3. The molecule has 1 aromatic carbocycles. The van der Waals surface area contributed by atoms with Crippen LogP contribution in [0.2, 0.25) is 0 Å². The summed E-state index contributed by atoms with van der Waals surface area (Å²) in [6.45, 7) is 4.75. The van der Waals surface area contributed by atoms with Gasteiger partial charge in [-0.15, -0.1) is 0 Å². The van der Waals surface area contributed by atoms with E-state index in [9.17, 15) is 8.42 Å². The molecule has 6 heteroatoms. The summed E-state index contributed by atoms with van der Waals surface area (Å²) >= 11 is 0. The van der Waals surface area contributed by atoms with Crippen LogP contribution in [-0.4, -0.2) is 39.0 Å². The zero-order chi connectivity index (χ0) is 16.0. The van der Waals surface area contributed by atoms with E-state index < -0.39 is 10.0 Å². The Morgan fingerprint density at radius 3 is 2.73 bits per heavy atom. The highest BCUT2D eigenvalue weighted by Gasteiger charge is 2.19. The topological polar surface area (TPSA) is 73.2 Å². The quantitative estimate of drug-likeness (QED) is 0.868. The summed E-state index contributed by atoms with van der Waals surface area (Å²) in [7, 11) is -3.40. The minimum atomic E-state index is -3.40. The zero-order valence-corrected chi connectivity index (χ0v) is 13.8. The van der Waals surface area contributed by atoms with Gasteiger partial charge in [-0.25, -0.2) is 13.1 Å². The molecule has 5 nitrogen and oxygen atoms in total. The molecule has 1 heterocycles. The van der Waals surface area contributed by atoms with E-state index in [2.05, 4.69) is 9.62 Å². The van der Waals surface area contributed by atoms with Crippen molar-refractivity contribution in [3.8, 4) is 6.07 Å². The number of likely N-dealkylation sites (tertiary alicyclic amines) is 1. The van der Waals surface area contributed by atoms with Gasteiger partial charge in [0.25, 0.3) is 0 Å². The summed E-state index contributed by atoms with van der Waals surface area (Å²) in [5, 5.41) is 8.87. The molecular weight excluding hydrogens is 298 g/mol. The first-order chi connectivity index (χ1) is 10.5. The third kappa shape index (κ3) is 5.41. The maximum atomic E-state index is 12.2. The van der Waals surface area contributed by atoms with Crippen molar-refractivity contribution in [2.75, 3.05) is 19.6 Å². The molecule has 0 amide bonds. The molecular formula is C16H23N3O2S. The summed E-state index contributed by atoms with van der Waals surface area (Å²) < 4.78 is 27.2. The van der Waals surface area contributed by atoms with Crippen LogP contribution in [0.4, 0.5) is 0 Å². The Labute approximate surface area is 133 Å². The number of nitrogens with one attached hydrogen (secondary N) is 1. The lowest BCUT2D eigenvalue weighted by atomic mass is 10.1.